The van der Waals surface area contributed by atoms with Crippen LogP contribution in [-0.2, 0) is 0 Å². The molecule has 66 valence electrons. The second-order valence-corrected chi connectivity index (χ2v) is 3.79. The predicted molar refractivity (Wildman–Crippen MR) is 56.7 cm³/mol. The Hall–Kier alpha value is -1.20. The van der Waals surface area contributed by atoms with Gasteiger partial charge in [-0.25, -0.2) is 0 Å². The lowest BCUT2D eigenvalue weighted by atomic mass is 10.2. The van der Waals surface area contributed by atoms with Gasteiger partial charge in [0.25, 0.3) is 0 Å². The van der Waals surface area contributed by atoms with Gasteiger partial charge in [-0.15, -0.1) is 11.8 Å². The molecule has 0 aliphatic heterocycles. The maximum atomic E-state index is 8.52. The standard InChI is InChI=1S/C11H11NS/c1-9(7-12)8-13-11-6-4-3-5-10(11)2/h3-6H,1,8H2,2H3. The highest BCUT2D eigenvalue weighted by atomic mass is 32.2. The molecule has 2 heteroatoms. The molecule has 0 N–H and O–H groups in total. The highest BCUT2D eigenvalue weighted by Gasteiger charge is 1.98. The third-order valence-electron chi connectivity index (χ3n) is 1.65. The van der Waals surface area contributed by atoms with Gasteiger partial charge >= 0.3 is 0 Å². The minimum atomic E-state index is 0.619. The molecule has 0 heterocycles. The minimum absolute atomic E-state index is 0.619. The van der Waals surface area contributed by atoms with Crippen LogP contribution in [0.2, 0.25) is 0 Å². The average Bonchev–Trinajstić information content (AvgIpc) is 2.16. The van der Waals surface area contributed by atoms with E-state index in [-0.39, 0.29) is 0 Å². The Morgan fingerprint density at radius 1 is 1.54 bits per heavy atom. The first-order valence-corrected chi connectivity index (χ1v) is 4.99. The van der Waals surface area contributed by atoms with E-state index >= 15 is 0 Å². The number of hydrogen-bond acceptors (Lipinski definition) is 2. The molecular weight excluding hydrogens is 178 g/mol. The molecule has 0 fully saturated rings. The van der Waals surface area contributed by atoms with Gasteiger partial charge in [-0.2, -0.15) is 5.26 Å². The van der Waals surface area contributed by atoms with E-state index in [1.165, 1.54) is 10.5 Å². The third kappa shape index (κ3) is 2.96. The molecule has 13 heavy (non-hydrogen) atoms. The maximum Gasteiger partial charge on any atom is 0.0949 e. The predicted octanol–water partition coefficient (Wildman–Crippen LogP) is 3.17. The highest BCUT2D eigenvalue weighted by Crippen LogP contribution is 2.22. The van der Waals surface area contributed by atoms with Crippen LogP contribution in [0.1, 0.15) is 5.56 Å². The van der Waals surface area contributed by atoms with E-state index in [1.807, 2.05) is 18.2 Å². The highest BCUT2D eigenvalue weighted by molar-refractivity contribution is 7.99. The summed E-state index contributed by atoms with van der Waals surface area (Å²) in [4.78, 5) is 1.22. The Balaban J connectivity index is 2.61. The Morgan fingerprint density at radius 3 is 2.85 bits per heavy atom. The first-order valence-electron chi connectivity index (χ1n) is 4.00. The zero-order chi connectivity index (χ0) is 9.68. The van der Waals surface area contributed by atoms with Crippen molar-refractivity contribution >= 4 is 11.8 Å². The van der Waals surface area contributed by atoms with E-state index < -0.39 is 0 Å². The Bertz CT molecular complexity index is 349. The van der Waals surface area contributed by atoms with Crippen molar-refractivity contribution in [1.82, 2.24) is 0 Å². The fraction of sp³-hybridized carbons (Fsp3) is 0.182. The molecule has 0 spiro atoms. The van der Waals surface area contributed by atoms with Crippen LogP contribution in [0.5, 0.6) is 0 Å². The molecule has 0 bridgehead atoms. The molecule has 1 nitrogen and oxygen atoms in total. The van der Waals surface area contributed by atoms with Gasteiger partial charge in [0.2, 0.25) is 0 Å². The van der Waals surface area contributed by atoms with Crippen LogP contribution in [0.25, 0.3) is 0 Å². The number of nitrogens with zero attached hydrogens (tertiary/aromatic N) is 1. The summed E-state index contributed by atoms with van der Waals surface area (Å²) in [5.41, 5.74) is 1.87. The molecule has 0 radical (unpaired) electrons. The van der Waals surface area contributed by atoms with E-state index in [0.29, 0.717) is 11.3 Å². The first kappa shape index (κ1) is 9.88. The summed E-state index contributed by atoms with van der Waals surface area (Å²) in [6.07, 6.45) is 0. The van der Waals surface area contributed by atoms with Gasteiger partial charge in [0.1, 0.15) is 0 Å². The van der Waals surface area contributed by atoms with Crippen LogP contribution in [0.3, 0.4) is 0 Å². The quantitative estimate of drug-likeness (QED) is 0.538. The van der Waals surface area contributed by atoms with E-state index in [0.717, 1.165) is 0 Å². The minimum Gasteiger partial charge on any atom is -0.193 e. The van der Waals surface area contributed by atoms with E-state index in [2.05, 4.69) is 25.6 Å². The second kappa shape index (κ2) is 4.74. The summed E-state index contributed by atoms with van der Waals surface area (Å²) in [7, 11) is 0. The molecule has 0 aliphatic rings. The van der Waals surface area contributed by atoms with Crippen LogP contribution in [0.15, 0.2) is 41.3 Å². The maximum absolute atomic E-state index is 8.52. The van der Waals surface area contributed by atoms with Crippen LogP contribution in [-0.4, -0.2) is 5.75 Å². The van der Waals surface area contributed by atoms with Crippen LogP contribution >= 0.6 is 11.8 Å². The molecule has 0 aliphatic carbocycles. The van der Waals surface area contributed by atoms with Crippen molar-refractivity contribution in [3.05, 3.63) is 42.0 Å². The summed E-state index contributed by atoms with van der Waals surface area (Å²) < 4.78 is 0. The normalized spacial score (nSPS) is 9.23. The summed E-state index contributed by atoms with van der Waals surface area (Å²) in [6.45, 7) is 5.70. The van der Waals surface area contributed by atoms with Crippen LogP contribution in [0.4, 0.5) is 0 Å². The number of nitriles is 1. The molecule has 0 amide bonds. The monoisotopic (exact) mass is 189 g/mol. The Kier molecular flexibility index (Phi) is 3.60. The van der Waals surface area contributed by atoms with Crippen molar-refractivity contribution in [1.29, 1.82) is 5.26 Å². The van der Waals surface area contributed by atoms with Crippen LogP contribution in [0, 0.1) is 18.3 Å². The van der Waals surface area contributed by atoms with Gasteiger partial charge in [0, 0.05) is 16.2 Å². The fourth-order valence-electron chi connectivity index (χ4n) is 0.916. The van der Waals surface area contributed by atoms with Gasteiger partial charge < -0.3 is 0 Å². The molecule has 1 rings (SSSR count). The topological polar surface area (TPSA) is 23.8 Å². The smallest absolute Gasteiger partial charge is 0.0949 e. The third-order valence-corrected chi connectivity index (χ3v) is 2.92. The van der Waals surface area contributed by atoms with Crippen molar-refractivity contribution in [2.45, 2.75) is 11.8 Å². The molecule has 1 aromatic carbocycles. The van der Waals surface area contributed by atoms with Gasteiger partial charge in [-0.05, 0) is 18.6 Å². The summed E-state index contributed by atoms with van der Waals surface area (Å²) >= 11 is 1.66. The van der Waals surface area contributed by atoms with Gasteiger partial charge in [-0.3, -0.25) is 0 Å². The zero-order valence-corrected chi connectivity index (χ0v) is 8.40. The molecule has 0 unspecified atom stereocenters. The van der Waals surface area contributed by atoms with E-state index in [1.54, 1.807) is 11.8 Å². The fourth-order valence-corrected chi connectivity index (χ4v) is 1.78. The van der Waals surface area contributed by atoms with Gasteiger partial charge in [-0.1, -0.05) is 24.8 Å². The number of aryl methyl sites for hydroxylation is 1. The number of hydrogen-bond donors (Lipinski definition) is 0. The van der Waals surface area contributed by atoms with Crippen molar-refractivity contribution in [2.75, 3.05) is 5.75 Å². The lowest BCUT2D eigenvalue weighted by Crippen LogP contribution is -1.83. The summed E-state index contributed by atoms with van der Waals surface area (Å²) in [5, 5.41) is 8.52. The van der Waals surface area contributed by atoms with Crippen LogP contribution < -0.4 is 0 Å². The summed E-state index contributed by atoms with van der Waals surface area (Å²) in [6, 6.07) is 10.2. The van der Waals surface area contributed by atoms with Gasteiger partial charge in [0.15, 0.2) is 0 Å². The van der Waals surface area contributed by atoms with Crippen molar-refractivity contribution in [3.8, 4) is 6.07 Å². The van der Waals surface area contributed by atoms with Crippen molar-refractivity contribution < 1.29 is 0 Å². The Morgan fingerprint density at radius 2 is 2.23 bits per heavy atom. The van der Waals surface area contributed by atoms with E-state index in [4.69, 9.17) is 5.26 Å². The SMILES string of the molecule is C=C(C#N)CSc1ccccc1C. The zero-order valence-electron chi connectivity index (χ0n) is 7.58. The van der Waals surface area contributed by atoms with Crippen molar-refractivity contribution in [2.24, 2.45) is 0 Å². The van der Waals surface area contributed by atoms with E-state index in [9.17, 15) is 0 Å². The lowest BCUT2D eigenvalue weighted by Gasteiger charge is -2.02. The Labute approximate surface area is 83.1 Å². The number of benzene rings is 1. The molecular formula is C11H11NS. The van der Waals surface area contributed by atoms with Crippen molar-refractivity contribution in [3.63, 3.8) is 0 Å². The summed E-state index contributed by atoms with van der Waals surface area (Å²) in [5.74, 6) is 0.682. The molecule has 0 saturated heterocycles. The average molecular weight is 189 g/mol. The molecule has 0 aromatic heterocycles. The second-order valence-electron chi connectivity index (χ2n) is 2.77. The number of rotatable bonds is 3. The lowest BCUT2D eigenvalue weighted by molar-refractivity contribution is 1.30. The molecule has 0 saturated carbocycles. The number of thioether (sulfide) groups is 1. The molecule has 1 aromatic rings. The largest absolute Gasteiger partial charge is 0.193 e. The van der Waals surface area contributed by atoms with Gasteiger partial charge in [0.05, 0.1) is 6.07 Å². The first-order chi connectivity index (χ1) is 6.24. The molecule has 0 atom stereocenters.